The molecule has 0 aliphatic rings. The molecule has 0 aliphatic carbocycles. The van der Waals surface area contributed by atoms with Crippen LogP contribution in [0, 0.1) is 21.7 Å². The lowest BCUT2D eigenvalue weighted by atomic mass is 10.1. The molecule has 1 N–H and O–H groups in total. The van der Waals surface area contributed by atoms with E-state index in [0.717, 1.165) is 24.3 Å². The minimum absolute atomic E-state index is 0.298. The van der Waals surface area contributed by atoms with Gasteiger partial charge in [0.2, 0.25) is 5.75 Å². The van der Waals surface area contributed by atoms with E-state index in [9.17, 15) is 24.0 Å². The molecular formula is C14H11F2NO4. The van der Waals surface area contributed by atoms with Crippen molar-refractivity contribution >= 4 is 5.69 Å². The van der Waals surface area contributed by atoms with Crippen LogP contribution in [0.1, 0.15) is 18.6 Å². The number of nitro groups is 1. The Morgan fingerprint density at radius 3 is 2.48 bits per heavy atom. The van der Waals surface area contributed by atoms with Gasteiger partial charge in [-0.3, -0.25) is 10.1 Å². The average molecular weight is 295 g/mol. The Morgan fingerprint density at radius 1 is 1.19 bits per heavy atom. The molecule has 0 fully saturated rings. The van der Waals surface area contributed by atoms with Gasteiger partial charge >= 0.3 is 5.69 Å². The summed E-state index contributed by atoms with van der Waals surface area (Å²) in [5.74, 6) is -2.25. The molecule has 0 unspecified atom stereocenters. The quantitative estimate of drug-likeness (QED) is 0.689. The van der Waals surface area contributed by atoms with Crippen molar-refractivity contribution in [2.24, 2.45) is 0 Å². The molecule has 5 nitrogen and oxygen atoms in total. The smallest absolute Gasteiger partial charge is 0.311 e. The van der Waals surface area contributed by atoms with E-state index in [1.807, 2.05) is 0 Å². The Bertz CT molecular complexity index is 689. The van der Waals surface area contributed by atoms with Gasteiger partial charge in [0.05, 0.1) is 11.0 Å². The molecule has 0 spiro atoms. The first-order valence-electron chi connectivity index (χ1n) is 5.98. The first-order valence-corrected chi connectivity index (χ1v) is 5.98. The van der Waals surface area contributed by atoms with Crippen molar-refractivity contribution in [2.45, 2.75) is 13.0 Å². The highest BCUT2D eigenvalue weighted by Gasteiger charge is 2.18. The molecule has 0 aromatic heterocycles. The molecule has 2 aromatic carbocycles. The number of nitro benzene ring substituents is 1. The predicted molar refractivity (Wildman–Crippen MR) is 70.2 cm³/mol. The monoisotopic (exact) mass is 295 g/mol. The van der Waals surface area contributed by atoms with Gasteiger partial charge < -0.3 is 9.84 Å². The molecule has 0 saturated heterocycles. The van der Waals surface area contributed by atoms with E-state index in [0.29, 0.717) is 5.56 Å². The molecule has 21 heavy (non-hydrogen) atoms. The van der Waals surface area contributed by atoms with E-state index >= 15 is 0 Å². The van der Waals surface area contributed by atoms with Crippen LogP contribution < -0.4 is 4.74 Å². The summed E-state index contributed by atoms with van der Waals surface area (Å²) < 4.78 is 32.1. The number of rotatable bonds is 4. The summed E-state index contributed by atoms with van der Waals surface area (Å²) in [6.07, 6.45) is -0.864. The fraction of sp³-hybridized carbons (Fsp3) is 0.143. The molecular weight excluding hydrogens is 284 g/mol. The summed E-state index contributed by atoms with van der Waals surface area (Å²) >= 11 is 0. The number of aliphatic hydroxyl groups excluding tert-OH is 1. The lowest BCUT2D eigenvalue weighted by Gasteiger charge is -2.10. The van der Waals surface area contributed by atoms with Gasteiger partial charge in [-0.1, -0.05) is 6.07 Å². The largest absolute Gasteiger partial charge is 0.447 e. The number of nitrogens with zero attached hydrogens (tertiary/aromatic N) is 1. The van der Waals surface area contributed by atoms with Crippen molar-refractivity contribution in [3.63, 3.8) is 0 Å². The van der Waals surface area contributed by atoms with Crippen molar-refractivity contribution in [3.8, 4) is 11.5 Å². The molecule has 2 rings (SSSR count). The zero-order valence-corrected chi connectivity index (χ0v) is 10.9. The summed E-state index contributed by atoms with van der Waals surface area (Å²) in [6.45, 7) is 1.46. The summed E-state index contributed by atoms with van der Waals surface area (Å²) in [5.41, 5.74) is -0.149. The van der Waals surface area contributed by atoms with Crippen molar-refractivity contribution in [3.05, 3.63) is 63.7 Å². The van der Waals surface area contributed by atoms with E-state index < -0.39 is 34.1 Å². The van der Waals surface area contributed by atoms with Crippen LogP contribution in [-0.2, 0) is 0 Å². The molecule has 110 valence electrons. The highest BCUT2D eigenvalue weighted by atomic mass is 19.1. The molecule has 0 amide bonds. The van der Waals surface area contributed by atoms with Gasteiger partial charge in [0.15, 0.2) is 11.6 Å². The lowest BCUT2D eigenvalue weighted by Crippen LogP contribution is -1.97. The summed E-state index contributed by atoms with van der Waals surface area (Å²) in [5, 5.41) is 20.2. The second-order valence-corrected chi connectivity index (χ2v) is 4.34. The van der Waals surface area contributed by atoms with Crippen LogP contribution in [0.4, 0.5) is 14.5 Å². The maximum atomic E-state index is 13.8. The van der Waals surface area contributed by atoms with Gasteiger partial charge in [0.25, 0.3) is 0 Å². The lowest BCUT2D eigenvalue weighted by molar-refractivity contribution is -0.385. The van der Waals surface area contributed by atoms with E-state index in [-0.39, 0.29) is 5.75 Å². The Kier molecular flexibility index (Phi) is 4.13. The SMILES string of the molecule is C[C@@H](O)c1ccc(Oc2cc(F)ccc2[N+](=O)[O-])c(F)c1. The van der Waals surface area contributed by atoms with E-state index in [4.69, 9.17) is 4.74 Å². The first kappa shape index (κ1) is 14.9. The third-order valence-corrected chi connectivity index (χ3v) is 2.78. The molecule has 7 heteroatoms. The van der Waals surface area contributed by atoms with Gasteiger partial charge in [-0.2, -0.15) is 0 Å². The number of benzene rings is 2. The molecule has 0 bridgehead atoms. The van der Waals surface area contributed by atoms with Crippen LogP contribution in [0.25, 0.3) is 0 Å². The Labute approximate surface area is 118 Å². The van der Waals surface area contributed by atoms with Gasteiger partial charge in [-0.25, -0.2) is 8.78 Å². The van der Waals surface area contributed by atoms with Crippen LogP contribution in [0.15, 0.2) is 36.4 Å². The van der Waals surface area contributed by atoms with Gasteiger partial charge in [-0.15, -0.1) is 0 Å². The van der Waals surface area contributed by atoms with Gasteiger partial charge in [-0.05, 0) is 30.7 Å². The van der Waals surface area contributed by atoms with Crippen LogP contribution in [0.5, 0.6) is 11.5 Å². The molecule has 0 aliphatic heterocycles. The summed E-state index contributed by atoms with van der Waals surface area (Å²) in [4.78, 5) is 10.1. The van der Waals surface area contributed by atoms with E-state index in [1.165, 1.54) is 19.1 Å². The number of hydrogen-bond acceptors (Lipinski definition) is 4. The zero-order chi connectivity index (χ0) is 15.6. The average Bonchev–Trinajstić information content (AvgIpc) is 2.40. The molecule has 0 radical (unpaired) electrons. The number of aliphatic hydroxyl groups is 1. The fourth-order valence-electron chi connectivity index (χ4n) is 1.70. The van der Waals surface area contributed by atoms with Crippen LogP contribution in [0.2, 0.25) is 0 Å². The Morgan fingerprint density at radius 2 is 1.90 bits per heavy atom. The minimum Gasteiger partial charge on any atom is -0.447 e. The predicted octanol–water partition coefficient (Wildman–Crippen LogP) is 3.72. The summed E-state index contributed by atoms with van der Waals surface area (Å²) in [6, 6.07) is 6.33. The summed E-state index contributed by atoms with van der Waals surface area (Å²) in [7, 11) is 0. The van der Waals surface area contributed by atoms with Gasteiger partial charge in [0.1, 0.15) is 5.82 Å². The highest BCUT2D eigenvalue weighted by Crippen LogP contribution is 2.33. The van der Waals surface area contributed by atoms with Crippen molar-refractivity contribution in [1.82, 2.24) is 0 Å². The number of ether oxygens (including phenoxy) is 1. The number of halogens is 2. The number of hydrogen-bond donors (Lipinski definition) is 1. The third-order valence-electron chi connectivity index (χ3n) is 2.78. The zero-order valence-electron chi connectivity index (χ0n) is 10.9. The third kappa shape index (κ3) is 3.32. The standard InChI is InChI=1S/C14H11F2NO4/c1-8(18)9-2-5-13(11(16)6-9)21-14-7-10(15)3-4-12(14)17(19)20/h2-8,18H,1H3/t8-/m1/s1. The Balaban J connectivity index is 2.38. The first-order chi connectivity index (χ1) is 9.88. The van der Waals surface area contributed by atoms with Crippen molar-refractivity contribution in [2.75, 3.05) is 0 Å². The van der Waals surface area contributed by atoms with Gasteiger partial charge in [0, 0.05) is 12.1 Å². The highest BCUT2D eigenvalue weighted by molar-refractivity contribution is 5.48. The van der Waals surface area contributed by atoms with Crippen LogP contribution in [0.3, 0.4) is 0 Å². The van der Waals surface area contributed by atoms with Crippen LogP contribution in [-0.4, -0.2) is 10.0 Å². The topological polar surface area (TPSA) is 72.6 Å². The maximum absolute atomic E-state index is 13.8. The fourth-order valence-corrected chi connectivity index (χ4v) is 1.70. The van der Waals surface area contributed by atoms with Crippen molar-refractivity contribution < 1.29 is 23.5 Å². The molecule has 0 saturated carbocycles. The maximum Gasteiger partial charge on any atom is 0.311 e. The molecule has 2 aromatic rings. The second kappa shape index (κ2) is 5.84. The Hall–Kier alpha value is -2.54. The normalized spacial score (nSPS) is 12.0. The minimum atomic E-state index is -0.864. The molecule has 1 atom stereocenters. The van der Waals surface area contributed by atoms with E-state index in [2.05, 4.69) is 0 Å². The molecule has 0 heterocycles. The van der Waals surface area contributed by atoms with Crippen LogP contribution >= 0.6 is 0 Å². The second-order valence-electron chi connectivity index (χ2n) is 4.34. The van der Waals surface area contributed by atoms with E-state index in [1.54, 1.807) is 0 Å². The van der Waals surface area contributed by atoms with Crippen molar-refractivity contribution in [1.29, 1.82) is 0 Å².